The number of hydrogen-bond acceptors (Lipinski definition) is 2. The molecule has 0 bridgehead atoms. The van der Waals surface area contributed by atoms with Gasteiger partial charge in [0, 0.05) is 18.4 Å². The number of nitrogens with two attached hydrogens (primary N) is 1. The third-order valence-corrected chi connectivity index (χ3v) is 1.63. The van der Waals surface area contributed by atoms with Gasteiger partial charge in [-0.15, -0.1) is 0 Å². The lowest BCUT2D eigenvalue weighted by Gasteiger charge is -2.00. The average molecular weight is 136 g/mol. The summed E-state index contributed by atoms with van der Waals surface area (Å²) in [6.07, 6.45) is 1.82. The first kappa shape index (κ1) is 7.22. The molecule has 0 aliphatic carbocycles. The number of nitrogens with zero attached hydrogens (tertiary/aromatic N) is 1. The molecule has 0 atom stereocenters. The molecule has 1 aromatic rings. The summed E-state index contributed by atoms with van der Waals surface area (Å²) in [4.78, 5) is 4.17. The van der Waals surface area contributed by atoms with Crippen LogP contribution in [0.2, 0.25) is 0 Å². The first-order valence-corrected chi connectivity index (χ1v) is 3.36. The van der Waals surface area contributed by atoms with E-state index in [9.17, 15) is 0 Å². The molecular weight excluding hydrogens is 124 g/mol. The van der Waals surface area contributed by atoms with E-state index in [1.807, 2.05) is 20.0 Å². The van der Waals surface area contributed by atoms with Crippen LogP contribution in [0.5, 0.6) is 0 Å². The van der Waals surface area contributed by atoms with Crippen LogP contribution in [0.3, 0.4) is 0 Å². The van der Waals surface area contributed by atoms with Crippen molar-refractivity contribution in [1.29, 1.82) is 0 Å². The van der Waals surface area contributed by atoms with Crippen LogP contribution in [-0.2, 0) is 6.54 Å². The van der Waals surface area contributed by atoms with Crippen molar-refractivity contribution in [3.8, 4) is 0 Å². The second-order valence-corrected chi connectivity index (χ2v) is 2.45. The normalized spacial score (nSPS) is 9.90. The summed E-state index contributed by atoms with van der Waals surface area (Å²) in [5.41, 5.74) is 8.82. The standard InChI is InChI=1S/C8H12N2/c1-6-3-8(4-9)5-10-7(6)2/h3,5H,4,9H2,1-2H3. The fourth-order valence-corrected chi connectivity index (χ4v) is 0.813. The molecule has 1 aromatic heterocycles. The van der Waals surface area contributed by atoms with E-state index in [2.05, 4.69) is 11.1 Å². The Labute approximate surface area is 61.1 Å². The largest absolute Gasteiger partial charge is 0.326 e. The molecule has 0 saturated heterocycles. The van der Waals surface area contributed by atoms with Crippen molar-refractivity contribution < 1.29 is 0 Å². The number of rotatable bonds is 1. The van der Waals surface area contributed by atoms with Crippen molar-refractivity contribution in [3.63, 3.8) is 0 Å². The predicted octanol–water partition coefficient (Wildman–Crippen LogP) is 1.16. The molecule has 2 nitrogen and oxygen atoms in total. The Hall–Kier alpha value is -0.890. The number of aryl methyl sites for hydroxylation is 2. The minimum atomic E-state index is 0.578. The third-order valence-electron chi connectivity index (χ3n) is 1.63. The van der Waals surface area contributed by atoms with Gasteiger partial charge in [0.2, 0.25) is 0 Å². The molecule has 2 N–H and O–H groups in total. The first-order valence-electron chi connectivity index (χ1n) is 3.36. The van der Waals surface area contributed by atoms with Gasteiger partial charge in [0.25, 0.3) is 0 Å². The average Bonchev–Trinajstić information content (AvgIpc) is 1.95. The zero-order chi connectivity index (χ0) is 7.56. The molecule has 0 spiro atoms. The van der Waals surface area contributed by atoms with E-state index < -0.39 is 0 Å². The maximum Gasteiger partial charge on any atom is 0.0402 e. The van der Waals surface area contributed by atoms with Crippen LogP contribution in [0.1, 0.15) is 16.8 Å². The smallest absolute Gasteiger partial charge is 0.0402 e. The molecule has 0 amide bonds. The molecule has 1 heterocycles. The van der Waals surface area contributed by atoms with E-state index in [0.717, 1.165) is 11.3 Å². The highest BCUT2D eigenvalue weighted by Crippen LogP contribution is 2.04. The van der Waals surface area contributed by atoms with Crippen molar-refractivity contribution in [2.75, 3.05) is 0 Å². The van der Waals surface area contributed by atoms with Crippen LogP contribution >= 0.6 is 0 Å². The van der Waals surface area contributed by atoms with Crippen LogP contribution in [0.4, 0.5) is 0 Å². The zero-order valence-electron chi connectivity index (χ0n) is 6.39. The lowest BCUT2D eigenvalue weighted by Crippen LogP contribution is -1.98. The Morgan fingerprint density at radius 3 is 2.70 bits per heavy atom. The van der Waals surface area contributed by atoms with E-state index in [1.165, 1.54) is 5.56 Å². The Morgan fingerprint density at radius 2 is 2.20 bits per heavy atom. The molecule has 0 aromatic carbocycles. The van der Waals surface area contributed by atoms with Gasteiger partial charge in [-0.1, -0.05) is 6.07 Å². The van der Waals surface area contributed by atoms with Crippen LogP contribution in [0.25, 0.3) is 0 Å². The fourth-order valence-electron chi connectivity index (χ4n) is 0.813. The Bertz CT molecular complexity index is 231. The first-order chi connectivity index (χ1) is 4.74. The molecule has 2 heteroatoms. The van der Waals surface area contributed by atoms with E-state index in [1.54, 1.807) is 0 Å². The van der Waals surface area contributed by atoms with Crippen LogP contribution in [0, 0.1) is 13.8 Å². The summed E-state index contributed by atoms with van der Waals surface area (Å²) < 4.78 is 0. The Morgan fingerprint density at radius 1 is 1.50 bits per heavy atom. The third kappa shape index (κ3) is 1.33. The van der Waals surface area contributed by atoms with Gasteiger partial charge in [0.05, 0.1) is 0 Å². The van der Waals surface area contributed by atoms with Gasteiger partial charge in [-0.25, -0.2) is 0 Å². The molecule has 0 radical (unpaired) electrons. The molecule has 0 aliphatic heterocycles. The highest BCUT2D eigenvalue weighted by molar-refractivity contribution is 5.22. The second-order valence-electron chi connectivity index (χ2n) is 2.45. The van der Waals surface area contributed by atoms with Gasteiger partial charge < -0.3 is 5.73 Å². The molecule has 0 unspecified atom stereocenters. The van der Waals surface area contributed by atoms with Gasteiger partial charge in [0.15, 0.2) is 0 Å². The summed E-state index contributed by atoms with van der Waals surface area (Å²) >= 11 is 0. The summed E-state index contributed by atoms with van der Waals surface area (Å²) in [5.74, 6) is 0. The van der Waals surface area contributed by atoms with Crippen molar-refractivity contribution in [2.24, 2.45) is 5.73 Å². The minimum Gasteiger partial charge on any atom is -0.326 e. The van der Waals surface area contributed by atoms with E-state index in [-0.39, 0.29) is 0 Å². The molecular formula is C8H12N2. The molecule has 0 saturated carbocycles. The number of aromatic nitrogens is 1. The lowest BCUT2D eigenvalue weighted by atomic mass is 10.2. The molecule has 0 aliphatic rings. The second kappa shape index (κ2) is 2.80. The molecule has 1 rings (SSSR count). The SMILES string of the molecule is Cc1cc(CN)cnc1C. The monoisotopic (exact) mass is 136 g/mol. The highest BCUT2D eigenvalue weighted by Gasteiger charge is 1.93. The summed E-state index contributed by atoms with van der Waals surface area (Å²) in [6, 6.07) is 2.07. The minimum absolute atomic E-state index is 0.578. The number of hydrogen-bond donors (Lipinski definition) is 1. The van der Waals surface area contributed by atoms with Crippen molar-refractivity contribution in [3.05, 3.63) is 29.1 Å². The topological polar surface area (TPSA) is 38.9 Å². The van der Waals surface area contributed by atoms with Crippen LogP contribution in [0.15, 0.2) is 12.3 Å². The molecule has 54 valence electrons. The zero-order valence-corrected chi connectivity index (χ0v) is 6.39. The van der Waals surface area contributed by atoms with Gasteiger partial charge in [-0.3, -0.25) is 4.98 Å². The summed E-state index contributed by atoms with van der Waals surface area (Å²) in [5, 5.41) is 0. The Balaban J connectivity index is 3.04. The van der Waals surface area contributed by atoms with Gasteiger partial charge in [-0.05, 0) is 25.0 Å². The fraction of sp³-hybridized carbons (Fsp3) is 0.375. The molecule has 0 fully saturated rings. The predicted molar refractivity (Wildman–Crippen MR) is 41.6 cm³/mol. The van der Waals surface area contributed by atoms with Gasteiger partial charge >= 0.3 is 0 Å². The van der Waals surface area contributed by atoms with Crippen molar-refractivity contribution in [2.45, 2.75) is 20.4 Å². The molecule has 10 heavy (non-hydrogen) atoms. The van der Waals surface area contributed by atoms with Crippen LogP contribution < -0.4 is 5.73 Å². The van der Waals surface area contributed by atoms with Gasteiger partial charge in [0.1, 0.15) is 0 Å². The maximum atomic E-state index is 5.43. The number of pyridine rings is 1. The highest BCUT2D eigenvalue weighted by atomic mass is 14.7. The van der Waals surface area contributed by atoms with E-state index in [0.29, 0.717) is 6.54 Å². The Kier molecular flexibility index (Phi) is 2.02. The lowest BCUT2D eigenvalue weighted by molar-refractivity contribution is 1.02. The summed E-state index contributed by atoms with van der Waals surface area (Å²) in [6.45, 7) is 4.62. The van der Waals surface area contributed by atoms with Crippen molar-refractivity contribution in [1.82, 2.24) is 4.98 Å². The van der Waals surface area contributed by atoms with Crippen LogP contribution in [-0.4, -0.2) is 4.98 Å². The quantitative estimate of drug-likeness (QED) is 0.629. The van der Waals surface area contributed by atoms with Crippen molar-refractivity contribution >= 4 is 0 Å². The van der Waals surface area contributed by atoms with E-state index >= 15 is 0 Å². The van der Waals surface area contributed by atoms with Gasteiger partial charge in [-0.2, -0.15) is 0 Å². The summed E-state index contributed by atoms with van der Waals surface area (Å²) in [7, 11) is 0. The maximum absolute atomic E-state index is 5.43. The van der Waals surface area contributed by atoms with E-state index in [4.69, 9.17) is 5.73 Å².